The van der Waals surface area contributed by atoms with Gasteiger partial charge in [-0.3, -0.25) is 19.2 Å². The first-order valence-electron chi connectivity index (χ1n) is 15.8. The number of aliphatic hydroxyl groups excluding tert-OH is 1. The average Bonchev–Trinajstić information content (AvgIpc) is 3.62. The van der Waals surface area contributed by atoms with Crippen molar-refractivity contribution in [2.24, 2.45) is 17.8 Å². The fourth-order valence-electron chi connectivity index (χ4n) is 7.05. The van der Waals surface area contributed by atoms with Crippen molar-refractivity contribution in [3.63, 3.8) is 0 Å². The maximum absolute atomic E-state index is 14.7. The number of benzene rings is 1. The molecule has 0 aliphatic carbocycles. The summed E-state index contributed by atoms with van der Waals surface area (Å²) < 4.78 is 12.4. The van der Waals surface area contributed by atoms with Gasteiger partial charge >= 0.3 is 5.97 Å². The Balaban J connectivity index is 1.68. The largest absolute Gasteiger partial charge is 0.460 e. The van der Waals surface area contributed by atoms with Gasteiger partial charge in [-0.1, -0.05) is 78.7 Å². The number of halogens is 1. The monoisotopic (exact) mass is 687 g/mol. The molecule has 3 heterocycles. The van der Waals surface area contributed by atoms with Crippen molar-refractivity contribution >= 4 is 39.6 Å². The van der Waals surface area contributed by atoms with Crippen molar-refractivity contribution in [1.82, 2.24) is 15.1 Å². The van der Waals surface area contributed by atoms with Crippen LogP contribution in [0.25, 0.3) is 0 Å². The highest BCUT2D eigenvalue weighted by Gasteiger charge is 2.77. The molecule has 3 saturated heterocycles. The number of nitrogens with one attached hydrogen (secondary N) is 1. The molecule has 2 N–H and O–H groups in total. The van der Waals surface area contributed by atoms with Crippen LogP contribution in [0, 0.1) is 17.8 Å². The number of likely N-dealkylation sites (tertiary alicyclic amines) is 1. The van der Waals surface area contributed by atoms with E-state index in [9.17, 15) is 24.3 Å². The maximum atomic E-state index is 14.7. The minimum absolute atomic E-state index is 0.116. The van der Waals surface area contributed by atoms with Crippen LogP contribution in [0.2, 0.25) is 0 Å². The van der Waals surface area contributed by atoms with Crippen LogP contribution in [0.15, 0.2) is 55.6 Å². The van der Waals surface area contributed by atoms with E-state index >= 15 is 0 Å². The topological polar surface area (TPSA) is 125 Å². The third-order valence-corrected chi connectivity index (χ3v) is 10.3. The molecular weight excluding hydrogens is 642 g/mol. The summed E-state index contributed by atoms with van der Waals surface area (Å²) in [6.45, 7) is 13.4. The Kier molecular flexibility index (Phi) is 11.7. The van der Waals surface area contributed by atoms with E-state index in [4.69, 9.17) is 9.47 Å². The van der Waals surface area contributed by atoms with Crippen LogP contribution in [0.5, 0.6) is 0 Å². The summed E-state index contributed by atoms with van der Waals surface area (Å²) >= 11 is 3.69. The summed E-state index contributed by atoms with van der Waals surface area (Å²) in [6.07, 6.45) is 3.80. The Morgan fingerprint density at radius 1 is 1.24 bits per heavy atom. The van der Waals surface area contributed by atoms with Crippen LogP contribution in [-0.2, 0) is 35.2 Å². The standard InChI is InChI=1S/C34H46BrN3O7/c1-6-9-15-26(40)36-18-22(5)44-33(43)27-28-31(41)38(25(20-39)21(4)8-3)30(34(28)17-24(35)29(27)45-34)32(42)37(16-7-2)19-23-13-11-10-12-14-23/h6-7,10-14,21-22,24-25,27-30,39H,1-2,8-9,15-20H2,3-5H3,(H,36,40)/t21-,22-,24?,25-,27-,28+,29-,30-,34+/m0/s1. The molecule has 0 aromatic heterocycles. The number of fused-ring (bicyclic) bond motifs is 1. The fourth-order valence-corrected chi connectivity index (χ4v) is 7.99. The second-order valence-corrected chi connectivity index (χ2v) is 13.6. The van der Waals surface area contributed by atoms with Crippen LogP contribution in [0.3, 0.4) is 0 Å². The van der Waals surface area contributed by atoms with Gasteiger partial charge in [0.25, 0.3) is 0 Å². The highest BCUT2D eigenvalue weighted by atomic mass is 79.9. The summed E-state index contributed by atoms with van der Waals surface area (Å²) in [6, 6.07) is 7.85. The Morgan fingerprint density at radius 2 is 1.96 bits per heavy atom. The lowest BCUT2D eigenvalue weighted by Crippen LogP contribution is -2.59. The molecule has 45 heavy (non-hydrogen) atoms. The van der Waals surface area contributed by atoms with E-state index in [-0.39, 0.29) is 54.6 Å². The molecule has 3 aliphatic rings. The number of amides is 3. The molecule has 0 saturated carbocycles. The molecule has 4 rings (SSSR count). The summed E-state index contributed by atoms with van der Waals surface area (Å²) in [4.78, 5) is 57.9. The highest BCUT2D eigenvalue weighted by Crippen LogP contribution is 2.61. The average molecular weight is 689 g/mol. The van der Waals surface area contributed by atoms with Gasteiger partial charge in [0.05, 0.1) is 37.1 Å². The molecule has 9 atom stereocenters. The van der Waals surface area contributed by atoms with Gasteiger partial charge in [0.1, 0.15) is 17.7 Å². The van der Waals surface area contributed by atoms with Crippen molar-refractivity contribution in [3.8, 4) is 0 Å². The number of allylic oxidation sites excluding steroid dienone is 1. The third kappa shape index (κ3) is 6.90. The lowest BCUT2D eigenvalue weighted by Gasteiger charge is -2.41. The van der Waals surface area contributed by atoms with Gasteiger partial charge in [0.2, 0.25) is 17.7 Å². The van der Waals surface area contributed by atoms with Crippen LogP contribution in [0.1, 0.15) is 52.0 Å². The second-order valence-electron chi connectivity index (χ2n) is 12.4. The van der Waals surface area contributed by atoms with Gasteiger partial charge in [-0.25, -0.2) is 0 Å². The highest BCUT2D eigenvalue weighted by molar-refractivity contribution is 9.09. The summed E-state index contributed by atoms with van der Waals surface area (Å²) in [5.41, 5.74) is -0.379. The number of carbonyl (C=O) groups excluding carboxylic acids is 4. The molecule has 0 radical (unpaired) electrons. The smallest absolute Gasteiger partial charge is 0.312 e. The Labute approximate surface area is 274 Å². The van der Waals surface area contributed by atoms with Gasteiger partial charge in [-0.15, -0.1) is 13.2 Å². The zero-order valence-electron chi connectivity index (χ0n) is 26.4. The zero-order valence-corrected chi connectivity index (χ0v) is 28.0. The van der Waals surface area contributed by atoms with E-state index in [0.717, 1.165) is 5.56 Å². The Bertz CT molecular complexity index is 1260. The number of esters is 1. The lowest BCUT2D eigenvalue weighted by molar-refractivity contribution is -0.160. The molecule has 1 aromatic carbocycles. The minimum Gasteiger partial charge on any atom is -0.460 e. The third-order valence-electron chi connectivity index (χ3n) is 9.44. The Hall–Kier alpha value is -3.02. The Morgan fingerprint density at radius 3 is 2.58 bits per heavy atom. The summed E-state index contributed by atoms with van der Waals surface area (Å²) in [5, 5.41) is 13.4. The molecule has 246 valence electrons. The molecule has 1 unspecified atom stereocenters. The molecule has 10 nitrogen and oxygen atoms in total. The number of carbonyl (C=O) groups is 4. The van der Waals surface area contributed by atoms with Gasteiger partial charge in [0.15, 0.2) is 0 Å². The van der Waals surface area contributed by atoms with E-state index in [2.05, 4.69) is 34.4 Å². The number of alkyl halides is 1. The number of hydrogen-bond donors (Lipinski definition) is 2. The summed E-state index contributed by atoms with van der Waals surface area (Å²) in [7, 11) is 0. The minimum atomic E-state index is -1.30. The number of aliphatic hydroxyl groups is 1. The maximum Gasteiger partial charge on any atom is 0.312 e. The van der Waals surface area contributed by atoms with Crippen LogP contribution in [-0.4, -0.2) is 93.0 Å². The van der Waals surface area contributed by atoms with E-state index in [1.165, 1.54) is 4.90 Å². The van der Waals surface area contributed by atoms with Crippen LogP contribution < -0.4 is 5.32 Å². The molecule has 3 fully saturated rings. The van der Waals surface area contributed by atoms with Gasteiger partial charge < -0.3 is 29.7 Å². The quantitative estimate of drug-likeness (QED) is 0.155. The molecule has 2 bridgehead atoms. The van der Waals surface area contributed by atoms with E-state index in [1.54, 1.807) is 24.0 Å². The normalized spacial score (nSPS) is 28.6. The SMILES string of the molecule is C=CCCC(=O)NC[C@H](C)OC(=O)[C@@H]1[C@H]2O[C@@]3(CC2Br)[C@H](C(=O)N(CC=C)Cc2ccccc2)N([C@@H](CO)[C@@H](C)CC)C(=O)[C@@H]13. The zero-order chi connectivity index (χ0) is 32.9. The van der Waals surface area contributed by atoms with Crippen molar-refractivity contribution < 1.29 is 33.8 Å². The van der Waals surface area contributed by atoms with E-state index in [0.29, 0.717) is 25.8 Å². The van der Waals surface area contributed by atoms with E-state index < -0.39 is 47.7 Å². The van der Waals surface area contributed by atoms with Gasteiger partial charge in [-0.05, 0) is 31.2 Å². The predicted molar refractivity (Wildman–Crippen MR) is 173 cm³/mol. The van der Waals surface area contributed by atoms with Gasteiger partial charge in [0, 0.05) is 24.3 Å². The predicted octanol–water partition coefficient (Wildman–Crippen LogP) is 3.37. The van der Waals surface area contributed by atoms with Crippen LogP contribution in [0.4, 0.5) is 0 Å². The van der Waals surface area contributed by atoms with Crippen molar-refractivity contribution in [2.75, 3.05) is 19.7 Å². The van der Waals surface area contributed by atoms with Crippen molar-refractivity contribution in [2.45, 2.75) is 87.7 Å². The number of rotatable bonds is 16. The molecular formula is C34H46BrN3O7. The molecule has 3 amide bonds. The second kappa shape index (κ2) is 15.0. The molecule has 11 heteroatoms. The molecule has 3 aliphatic heterocycles. The van der Waals surface area contributed by atoms with Crippen LogP contribution >= 0.6 is 15.9 Å². The molecule has 1 spiro atoms. The first kappa shape index (κ1) is 34.8. The van der Waals surface area contributed by atoms with Crippen molar-refractivity contribution in [1.29, 1.82) is 0 Å². The molecule has 1 aromatic rings. The number of nitrogens with zero attached hydrogens (tertiary/aromatic N) is 2. The van der Waals surface area contributed by atoms with Gasteiger partial charge in [-0.2, -0.15) is 0 Å². The number of ether oxygens (including phenoxy) is 2. The first-order valence-corrected chi connectivity index (χ1v) is 16.7. The summed E-state index contributed by atoms with van der Waals surface area (Å²) in [5.74, 6) is -3.55. The fraction of sp³-hybridized carbons (Fsp3) is 0.588. The first-order chi connectivity index (χ1) is 21.5. The lowest BCUT2D eigenvalue weighted by atomic mass is 9.70. The number of hydrogen-bond acceptors (Lipinski definition) is 7. The van der Waals surface area contributed by atoms with E-state index in [1.807, 2.05) is 44.2 Å². The van der Waals surface area contributed by atoms with Crippen molar-refractivity contribution in [3.05, 3.63) is 61.2 Å².